The van der Waals surface area contributed by atoms with E-state index in [0.717, 1.165) is 51.5 Å². The summed E-state index contributed by atoms with van der Waals surface area (Å²) in [6.45, 7) is 5.47. The average molecular weight is 378 g/mol. The summed E-state index contributed by atoms with van der Waals surface area (Å²) < 4.78 is 30.0. The van der Waals surface area contributed by atoms with Crippen LogP contribution in [-0.2, 0) is 4.74 Å². The van der Waals surface area contributed by atoms with Crippen molar-refractivity contribution in [2.45, 2.75) is 31.8 Å². The standard InChI is InChI=1S/C20H27FN2O4/c21-16-3-4-18-19(12-16)27-17(14-26-18)13-22-8-5-15(6-9-22)2-1-7-23-10-11-25-20(23)24/h3-4,12,15,17H,1-2,5-11,13-14H2/t17-/m0/s1. The van der Waals surface area contributed by atoms with Gasteiger partial charge in [-0.15, -0.1) is 0 Å². The summed E-state index contributed by atoms with van der Waals surface area (Å²) in [5.74, 6) is 1.54. The van der Waals surface area contributed by atoms with Crippen LogP contribution in [0.4, 0.5) is 9.18 Å². The van der Waals surface area contributed by atoms with Gasteiger partial charge in [0.15, 0.2) is 11.5 Å². The highest BCUT2D eigenvalue weighted by molar-refractivity contribution is 5.69. The molecule has 1 atom stereocenters. The molecule has 2 fully saturated rings. The third-order valence-corrected chi connectivity index (χ3v) is 5.68. The van der Waals surface area contributed by atoms with Gasteiger partial charge < -0.3 is 19.1 Å². The highest BCUT2D eigenvalue weighted by atomic mass is 19.1. The number of hydrogen-bond acceptors (Lipinski definition) is 5. The smallest absolute Gasteiger partial charge is 0.409 e. The van der Waals surface area contributed by atoms with Crippen LogP contribution in [0.1, 0.15) is 25.7 Å². The third-order valence-electron chi connectivity index (χ3n) is 5.68. The van der Waals surface area contributed by atoms with Gasteiger partial charge in [0.25, 0.3) is 0 Å². The zero-order valence-electron chi connectivity index (χ0n) is 15.6. The van der Waals surface area contributed by atoms with Crippen LogP contribution in [0.25, 0.3) is 0 Å². The highest BCUT2D eigenvalue weighted by Gasteiger charge is 2.27. The van der Waals surface area contributed by atoms with Gasteiger partial charge in [0, 0.05) is 19.2 Å². The molecular weight excluding hydrogens is 351 g/mol. The van der Waals surface area contributed by atoms with E-state index in [1.165, 1.54) is 25.0 Å². The summed E-state index contributed by atoms with van der Waals surface area (Å²) in [5, 5.41) is 0. The zero-order chi connectivity index (χ0) is 18.6. The number of rotatable bonds is 6. The number of amides is 1. The van der Waals surface area contributed by atoms with Gasteiger partial charge in [0.1, 0.15) is 25.1 Å². The lowest BCUT2D eigenvalue weighted by Gasteiger charge is -2.35. The van der Waals surface area contributed by atoms with Gasteiger partial charge in [-0.2, -0.15) is 0 Å². The van der Waals surface area contributed by atoms with Crippen molar-refractivity contribution in [2.24, 2.45) is 5.92 Å². The molecule has 27 heavy (non-hydrogen) atoms. The lowest BCUT2D eigenvalue weighted by atomic mass is 9.92. The summed E-state index contributed by atoms with van der Waals surface area (Å²) in [5.41, 5.74) is 0. The predicted molar refractivity (Wildman–Crippen MR) is 97.6 cm³/mol. The second-order valence-corrected chi connectivity index (χ2v) is 7.63. The van der Waals surface area contributed by atoms with E-state index in [1.54, 1.807) is 11.0 Å². The molecule has 3 aliphatic heterocycles. The Labute approximate surface area is 159 Å². The van der Waals surface area contributed by atoms with Crippen molar-refractivity contribution in [1.29, 1.82) is 0 Å². The Morgan fingerprint density at radius 1 is 1.11 bits per heavy atom. The van der Waals surface area contributed by atoms with Crippen LogP contribution in [0.5, 0.6) is 11.5 Å². The van der Waals surface area contributed by atoms with Gasteiger partial charge in [-0.3, -0.25) is 4.90 Å². The fraction of sp³-hybridized carbons (Fsp3) is 0.650. The Balaban J connectivity index is 1.16. The molecule has 148 valence electrons. The van der Waals surface area contributed by atoms with Crippen LogP contribution in [-0.4, -0.2) is 67.9 Å². The molecule has 4 rings (SSSR count). The Kier molecular flexibility index (Phi) is 5.66. The number of ether oxygens (including phenoxy) is 3. The van der Waals surface area contributed by atoms with Gasteiger partial charge in [-0.25, -0.2) is 9.18 Å². The summed E-state index contributed by atoms with van der Waals surface area (Å²) in [4.78, 5) is 15.6. The lowest BCUT2D eigenvalue weighted by Crippen LogP contribution is -2.44. The van der Waals surface area contributed by atoms with Crippen molar-refractivity contribution in [3.05, 3.63) is 24.0 Å². The molecule has 1 aromatic rings. The van der Waals surface area contributed by atoms with Gasteiger partial charge in [-0.1, -0.05) is 0 Å². The first kappa shape index (κ1) is 18.3. The molecular formula is C20H27FN2O4. The fourth-order valence-electron chi connectivity index (χ4n) is 4.12. The summed E-state index contributed by atoms with van der Waals surface area (Å²) >= 11 is 0. The molecule has 3 aliphatic rings. The molecule has 1 aromatic carbocycles. The van der Waals surface area contributed by atoms with Crippen molar-refractivity contribution >= 4 is 6.09 Å². The lowest BCUT2D eigenvalue weighted by molar-refractivity contribution is 0.0466. The van der Waals surface area contributed by atoms with Crippen LogP contribution < -0.4 is 9.47 Å². The van der Waals surface area contributed by atoms with E-state index >= 15 is 0 Å². The first-order valence-corrected chi connectivity index (χ1v) is 9.90. The first-order valence-electron chi connectivity index (χ1n) is 9.90. The number of carbonyl (C=O) groups is 1. The third kappa shape index (κ3) is 4.64. The Morgan fingerprint density at radius 3 is 2.74 bits per heavy atom. The van der Waals surface area contributed by atoms with E-state index in [1.807, 2.05) is 0 Å². The zero-order valence-corrected chi connectivity index (χ0v) is 15.6. The van der Waals surface area contributed by atoms with Crippen LogP contribution in [0.2, 0.25) is 0 Å². The Hall–Kier alpha value is -2.02. The molecule has 0 radical (unpaired) electrons. The molecule has 0 aliphatic carbocycles. The largest absolute Gasteiger partial charge is 0.486 e. The highest BCUT2D eigenvalue weighted by Crippen LogP contribution is 2.32. The maximum absolute atomic E-state index is 13.4. The molecule has 7 heteroatoms. The minimum Gasteiger partial charge on any atom is -0.486 e. The topological polar surface area (TPSA) is 51.2 Å². The molecule has 0 aromatic heterocycles. The maximum atomic E-state index is 13.4. The van der Waals surface area contributed by atoms with E-state index in [4.69, 9.17) is 14.2 Å². The average Bonchev–Trinajstić information content (AvgIpc) is 3.08. The van der Waals surface area contributed by atoms with Gasteiger partial charge in [0.2, 0.25) is 0 Å². The summed E-state index contributed by atoms with van der Waals surface area (Å²) in [7, 11) is 0. The Morgan fingerprint density at radius 2 is 1.96 bits per heavy atom. The molecule has 0 N–H and O–H groups in total. The van der Waals surface area contributed by atoms with Crippen molar-refractivity contribution in [3.63, 3.8) is 0 Å². The molecule has 6 nitrogen and oxygen atoms in total. The number of likely N-dealkylation sites (tertiary alicyclic amines) is 1. The molecule has 0 unspecified atom stereocenters. The number of benzene rings is 1. The monoisotopic (exact) mass is 378 g/mol. The minimum atomic E-state index is -0.305. The van der Waals surface area contributed by atoms with Crippen molar-refractivity contribution < 1.29 is 23.4 Å². The van der Waals surface area contributed by atoms with Crippen LogP contribution in [0, 0.1) is 11.7 Å². The number of fused-ring (bicyclic) bond motifs is 1. The van der Waals surface area contributed by atoms with E-state index in [-0.39, 0.29) is 18.0 Å². The summed E-state index contributed by atoms with van der Waals surface area (Å²) in [6.07, 6.45) is 4.32. The second kappa shape index (κ2) is 8.33. The van der Waals surface area contributed by atoms with Crippen molar-refractivity contribution in [1.82, 2.24) is 9.80 Å². The molecule has 0 saturated carbocycles. The van der Waals surface area contributed by atoms with E-state index in [2.05, 4.69) is 4.90 Å². The first-order chi connectivity index (χ1) is 13.2. The van der Waals surface area contributed by atoms with Gasteiger partial charge in [0.05, 0.1) is 6.54 Å². The summed E-state index contributed by atoms with van der Waals surface area (Å²) in [6, 6.07) is 4.40. The van der Waals surface area contributed by atoms with E-state index in [0.29, 0.717) is 24.7 Å². The Bertz CT molecular complexity index is 663. The van der Waals surface area contributed by atoms with Crippen LogP contribution in [0.3, 0.4) is 0 Å². The van der Waals surface area contributed by atoms with Crippen molar-refractivity contribution in [3.8, 4) is 11.5 Å². The van der Waals surface area contributed by atoms with Crippen molar-refractivity contribution in [2.75, 3.05) is 45.9 Å². The molecule has 3 heterocycles. The number of halogens is 1. The fourth-order valence-corrected chi connectivity index (χ4v) is 4.12. The number of hydrogen-bond donors (Lipinski definition) is 0. The molecule has 2 saturated heterocycles. The number of carbonyl (C=O) groups excluding carboxylic acids is 1. The van der Waals surface area contributed by atoms with Crippen LogP contribution in [0.15, 0.2) is 18.2 Å². The quantitative estimate of drug-likeness (QED) is 0.762. The predicted octanol–water partition coefficient (Wildman–Crippen LogP) is 2.91. The van der Waals surface area contributed by atoms with Gasteiger partial charge >= 0.3 is 6.09 Å². The number of nitrogens with zero attached hydrogens (tertiary/aromatic N) is 2. The van der Waals surface area contributed by atoms with E-state index in [9.17, 15) is 9.18 Å². The maximum Gasteiger partial charge on any atom is 0.409 e. The normalized spacial score (nSPS) is 23.5. The minimum absolute atomic E-state index is 0.0583. The SMILES string of the molecule is O=C1OCCN1CCCC1CCN(C[C@H]2COc3ccc(F)cc3O2)CC1. The molecule has 1 amide bonds. The second-order valence-electron chi connectivity index (χ2n) is 7.63. The molecule has 0 spiro atoms. The molecule has 0 bridgehead atoms. The van der Waals surface area contributed by atoms with Gasteiger partial charge in [-0.05, 0) is 56.8 Å². The number of piperidine rings is 1. The van der Waals surface area contributed by atoms with E-state index < -0.39 is 0 Å². The number of cyclic esters (lactones) is 1. The van der Waals surface area contributed by atoms with Crippen LogP contribution >= 0.6 is 0 Å².